The number of hydrogen-bond acceptors (Lipinski definition) is 2. The number of amides is 1. The average Bonchev–Trinajstić information content (AvgIpc) is 2.74. The highest BCUT2D eigenvalue weighted by Gasteiger charge is 2.37. The van der Waals surface area contributed by atoms with E-state index in [2.05, 4.69) is 16.0 Å². The Hall–Kier alpha value is -2.53. The van der Waals surface area contributed by atoms with Gasteiger partial charge >= 0.3 is 12.4 Å². The predicted molar refractivity (Wildman–Crippen MR) is 121 cm³/mol. The Morgan fingerprint density at radius 1 is 0.853 bits per heavy atom. The number of rotatable bonds is 4. The zero-order valence-corrected chi connectivity index (χ0v) is 19.1. The zero-order chi connectivity index (χ0) is 25.1. The lowest BCUT2D eigenvalue weighted by molar-refractivity contribution is -0.143. The van der Waals surface area contributed by atoms with Crippen molar-refractivity contribution in [3.8, 4) is 0 Å². The van der Waals surface area contributed by atoms with Crippen molar-refractivity contribution in [2.45, 2.75) is 50.1 Å². The van der Waals surface area contributed by atoms with E-state index in [-0.39, 0.29) is 29.2 Å². The van der Waals surface area contributed by atoms with Crippen LogP contribution in [0.5, 0.6) is 0 Å². The van der Waals surface area contributed by atoms with Gasteiger partial charge in [0.15, 0.2) is 5.11 Å². The second-order valence-electron chi connectivity index (χ2n) is 7.87. The van der Waals surface area contributed by atoms with Crippen LogP contribution in [0.2, 0.25) is 5.02 Å². The molecule has 2 atom stereocenters. The number of alkyl halides is 6. The third kappa shape index (κ3) is 6.99. The van der Waals surface area contributed by atoms with E-state index in [4.69, 9.17) is 23.8 Å². The van der Waals surface area contributed by atoms with Crippen LogP contribution in [0.1, 0.15) is 47.2 Å². The van der Waals surface area contributed by atoms with Gasteiger partial charge in [-0.15, -0.1) is 0 Å². The number of carbonyl (C=O) groups excluding carboxylic acids is 1. The Morgan fingerprint density at radius 3 is 1.85 bits per heavy atom. The minimum Gasteiger partial charge on any atom is -0.358 e. The van der Waals surface area contributed by atoms with Gasteiger partial charge in [-0.3, -0.25) is 4.79 Å². The molecule has 0 unspecified atom stereocenters. The summed E-state index contributed by atoms with van der Waals surface area (Å²) in [6, 6.07) is 6.76. The Labute approximate surface area is 202 Å². The zero-order valence-electron chi connectivity index (χ0n) is 17.5. The van der Waals surface area contributed by atoms with Crippen LogP contribution in [-0.4, -0.2) is 23.1 Å². The van der Waals surface area contributed by atoms with Crippen molar-refractivity contribution in [1.82, 2.24) is 10.6 Å². The first-order valence-corrected chi connectivity index (χ1v) is 11.0. The normalized spacial score (nSPS) is 18.8. The monoisotopic (exact) mass is 523 g/mol. The number of hydrogen-bond donors (Lipinski definition) is 3. The Kier molecular flexibility index (Phi) is 7.97. The highest BCUT2D eigenvalue weighted by Crippen LogP contribution is 2.37. The van der Waals surface area contributed by atoms with Crippen LogP contribution < -0.4 is 16.0 Å². The fourth-order valence-corrected chi connectivity index (χ4v) is 4.09. The number of halogens is 7. The molecule has 2 aromatic rings. The van der Waals surface area contributed by atoms with E-state index in [0.717, 1.165) is 12.8 Å². The van der Waals surface area contributed by atoms with Crippen LogP contribution in [0.15, 0.2) is 42.5 Å². The number of benzene rings is 2. The standard InChI is InChI=1S/C22H20ClF6N3OS/c23-15-7-5-12(6-8-15)19(33)31-17-3-1-2-4-18(17)32-20(34)30-16-10-13(21(24,25)26)9-14(11-16)22(27,28)29/h5-11,17-18H,1-4H2,(H,31,33)(H2,30,32,34)/t17-,18-/m1/s1. The molecule has 3 N–H and O–H groups in total. The molecule has 3 rings (SSSR count). The van der Waals surface area contributed by atoms with Gasteiger partial charge in [0, 0.05) is 28.4 Å². The second-order valence-corrected chi connectivity index (χ2v) is 8.72. The van der Waals surface area contributed by atoms with E-state index in [0.29, 0.717) is 35.6 Å². The molecule has 1 amide bonds. The minimum absolute atomic E-state index is 0.0467. The quantitative estimate of drug-likeness (QED) is 0.320. The average molecular weight is 524 g/mol. The summed E-state index contributed by atoms with van der Waals surface area (Å²) in [5.74, 6) is -0.332. The van der Waals surface area contributed by atoms with E-state index in [9.17, 15) is 31.1 Å². The van der Waals surface area contributed by atoms with Crippen LogP contribution in [0, 0.1) is 0 Å². The van der Waals surface area contributed by atoms with Gasteiger partial charge in [0.2, 0.25) is 0 Å². The fourth-order valence-electron chi connectivity index (χ4n) is 3.69. The van der Waals surface area contributed by atoms with E-state index >= 15 is 0 Å². The van der Waals surface area contributed by atoms with Gasteiger partial charge in [-0.2, -0.15) is 26.3 Å². The molecule has 0 radical (unpaired) electrons. The lowest BCUT2D eigenvalue weighted by atomic mass is 9.90. The van der Waals surface area contributed by atoms with Crippen molar-refractivity contribution < 1.29 is 31.1 Å². The summed E-state index contributed by atoms with van der Waals surface area (Å²) >= 11 is 11.0. The van der Waals surface area contributed by atoms with E-state index in [1.807, 2.05) is 0 Å². The highest BCUT2D eigenvalue weighted by atomic mass is 35.5. The smallest absolute Gasteiger partial charge is 0.358 e. The van der Waals surface area contributed by atoms with Gasteiger partial charge in [0.05, 0.1) is 11.1 Å². The number of thiocarbonyl (C=S) groups is 1. The van der Waals surface area contributed by atoms with Gasteiger partial charge in [-0.25, -0.2) is 0 Å². The van der Waals surface area contributed by atoms with Crippen LogP contribution in [0.4, 0.5) is 32.0 Å². The molecule has 0 heterocycles. The molecule has 1 aliphatic rings. The lowest BCUT2D eigenvalue weighted by Crippen LogP contribution is -2.54. The summed E-state index contributed by atoms with van der Waals surface area (Å²) in [5, 5.41) is 8.58. The molecule has 1 aliphatic carbocycles. The summed E-state index contributed by atoms with van der Waals surface area (Å²) in [5.41, 5.74) is -2.94. The van der Waals surface area contributed by atoms with Crippen molar-refractivity contribution in [2.75, 3.05) is 5.32 Å². The summed E-state index contributed by atoms with van der Waals surface area (Å²) < 4.78 is 78.5. The van der Waals surface area contributed by atoms with Gasteiger partial charge in [-0.1, -0.05) is 24.4 Å². The van der Waals surface area contributed by atoms with Crippen molar-refractivity contribution in [1.29, 1.82) is 0 Å². The molecular formula is C22H20ClF6N3OS. The minimum atomic E-state index is -4.97. The molecule has 1 fully saturated rings. The first kappa shape index (κ1) is 26.1. The Balaban J connectivity index is 1.71. The van der Waals surface area contributed by atoms with Gasteiger partial charge in [0.1, 0.15) is 0 Å². The second kappa shape index (κ2) is 10.4. The van der Waals surface area contributed by atoms with Crippen LogP contribution >= 0.6 is 23.8 Å². The molecule has 0 bridgehead atoms. The van der Waals surface area contributed by atoms with Crippen molar-refractivity contribution in [2.24, 2.45) is 0 Å². The maximum Gasteiger partial charge on any atom is 0.416 e. The van der Waals surface area contributed by atoms with Gasteiger partial charge in [0.25, 0.3) is 5.91 Å². The van der Waals surface area contributed by atoms with Crippen LogP contribution in [-0.2, 0) is 12.4 Å². The van der Waals surface area contributed by atoms with E-state index in [1.165, 1.54) is 0 Å². The first-order chi connectivity index (χ1) is 15.8. The van der Waals surface area contributed by atoms with Crippen molar-refractivity contribution >= 4 is 40.5 Å². The Bertz CT molecular complexity index is 1010. The molecule has 0 spiro atoms. The number of anilines is 1. The maximum atomic E-state index is 13.1. The van der Waals surface area contributed by atoms with E-state index < -0.39 is 29.2 Å². The van der Waals surface area contributed by atoms with E-state index in [1.54, 1.807) is 24.3 Å². The summed E-state index contributed by atoms with van der Waals surface area (Å²) in [4.78, 5) is 12.6. The molecule has 1 saturated carbocycles. The van der Waals surface area contributed by atoms with Crippen LogP contribution in [0.3, 0.4) is 0 Å². The van der Waals surface area contributed by atoms with Crippen molar-refractivity contribution in [3.05, 3.63) is 64.2 Å². The Morgan fingerprint density at radius 2 is 1.35 bits per heavy atom. The highest BCUT2D eigenvalue weighted by molar-refractivity contribution is 7.80. The van der Waals surface area contributed by atoms with Gasteiger partial charge < -0.3 is 16.0 Å². The first-order valence-electron chi connectivity index (χ1n) is 10.3. The molecule has 0 saturated heterocycles. The summed E-state index contributed by atoms with van der Waals surface area (Å²) in [7, 11) is 0. The molecule has 4 nitrogen and oxygen atoms in total. The molecular weight excluding hydrogens is 504 g/mol. The molecule has 184 valence electrons. The van der Waals surface area contributed by atoms with Gasteiger partial charge in [-0.05, 0) is 67.5 Å². The fraction of sp³-hybridized carbons (Fsp3) is 0.364. The van der Waals surface area contributed by atoms with Crippen LogP contribution in [0.25, 0.3) is 0 Å². The SMILES string of the molecule is O=C(N[C@@H]1CCCC[C@H]1NC(=S)Nc1cc(C(F)(F)F)cc(C(F)(F)F)c1)c1ccc(Cl)cc1. The maximum absolute atomic E-state index is 13.1. The number of nitrogens with one attached hydrogen (secondary N) is 3. The molecule has 0 aromatic heterocycles. The molecule has 0 aliphatic heterocycles. The lowest BCUT2D eigenvalue weighted by Gasteiger charge is -2.33. The topological polar surface area (TPSA) is 53.2 Å². The number of carbonyl (C=O) groups is 1. The summed E-state index contributed by atoms with van der Waals surface area (Å²) in [6.45, 7) is 0. The third-order valence-corrected chi connectivity index (χ3v) is 5.82. The largest absolute Gasteiger partial charge is 0.416 e. The third-order valence-electron chi connectivity index (χ3n) is 5.35. The van der Waals surface area contributed by atoms with Crippen molar-refractivity contribution in [3.63, 3.8) is 0 Å². The molecule has 2 aromatic carbocycles. The molecule has 34 heavy (non-hydrogen) atoms. The predicted octanol–water partition coefficient (Wildman–Crippen LogP) is 6.41. The molecule has 12 heteroatoms. The summed E-state index contributed by atoms with van der Waals surface area (Å²) in [6.07, 6.45) is -7.05.